The number of aromatic nitrogens is 3. The number of esters is 1. The van der Waals surface area contributed by atoms with Crippen molar-refractivity contribution in [2.75, 3.05) is 28.3 Å². The van der Waals surface area contributed by atoms with Gasteiger partial charge in [-0.05, 0) is 311 Å². The van der Waals surface area contributed by atoms with Crippen LogP contribution in [0.5, 0.6) is 5.75 Å². The van der Waals surface area contributed by atoms with Crippen molar-refractivity contribution in [3.8, 4) is 5.75 Å². The van der Waals surface area contributed by atoms with Gasteiger partial charge in [0.25, 0.3) is 0 Å². The quantitative estimate of drug-likeness (QED) is 0.0611. The molecule has 22 rings (SSSR count). The van der Waals surface area contributed by atoms with Gasteiger partial charge < -0.3 is 25.2 Å². The zero-order chi connectivity index (χ0) is 99.9. The van der Waals surface area contributed by atoms with Gasteiger partial charge in [0.2, 0.25) is 24.3 Å². The molecule has 0 bridgehead atoms. The minimum atomic E-state index is -4.60. The van der Waals surface area contributed by atoms with Crippen molar-refractivity contribution in [3.05, 3.63) is 130 Å². The number of nitrogens with two attached hydrogens (primary N) is 1. The van der Waals surface area contributed by atoms with Crippen LogP contribution in [0.15, 0.2) is 108 Å². The number of nitroso groups, excluding NO2 is 1. The van der Waals surface area contributed by atoms with Crippen molar-refractivity contribution in [2.45, 2.75) is 347 Å². The second-order valence-electron chi connectivity index (χ2n) is 45.5. The van der Waals surface area contributed by atoms with Crippen molar-refractivity contribution in [2.24, 2.45) is 171 Å². The normalized spacial score (nSPS) is 34.5. The first kappa shape index (κ1) is 114. The van der Waals surface area contributed by atoms with E-state index in [9.17, 15) is 55.2 Å². The molecule has 754 valence electrons. The van der Waals surface area contributed by atoms with Gasteiger partial charge in [-0.3, -0.25) is 38.6 Å². The number of halogens is 6. The Morgan fingerprint density at radius 3 is 1.20 bits per heavy atom. The summed E-state index contributed by atoms with van der Waals surface area (Å²) in [7, 11) is 8.62. The molecular weight excluding hydrogens is 1700 g/mol. The Morgan fingerprint density at radius 1 is 0.567 bits per heavy atom. The molecule has 1 aliphatic heterocycles. The van der Waals surface area contributed by atoms with Crippen LogP contribution in [0.4, 0.5) is 26.3 Å². The Labute approximate surface area is 803 Å². The molecule has 17 saturated carbocycles. The van der Waals surface area contributed by atoms with E-state index in [0.29, 0.717) is 94.5 Å². The maximum Gasteiger partial charge on any atom is 0.573 e. The molecule has 0 spiro atoms. The Hall–Kier alpha value is -7.10. The first-order chi connectivity index (χ1) is 62.8. The van der Waals surface area contributed by atoms with Gasteiger partial charge in [0.15, 0.2) is 7.05 Å². The molecule has 2 aromatic carbocycles. The number of amides is 2. The lowest BCUT2D eigenvalue weighted by Gasteiger charge is -2.27. The number of hydrogen-bond donors (Lipinski definition) is 2. The maximum atomic E-state index is 13.0. The zero-order valence-electron chi connectivity index (χ0n) is 86.8. The molecule has 0 radical (unpaired) electrons. The van der Waals surface area contributed by atoms with Crippen molar-refractivity contribution in [3.63, 3.8) is 0 Å². The summed E-state index contributed by atoms with van der Waals surface area (Å²) in [6, 6.07) is 21.5. The molecule has 17 fully saturated rings. The number of carbonyl (C=O) groups excluding carboxylic acids is 5. The van der Waals surface area contributed by atoms with Gasteiger partial charge in [-0.1, -0.05) is 199 Å². The van der Waals surface area contributed by atoms with Crippen LogP contribution in [-0.4, -0.2) is 124 Å². The fraction of sp³-hybridized carbons (Fsp3) is 0.750. The number of alkyl halides is 6. The molecule has 3 heterocycles. The third-order valence-corrected chi connectivity index (χ3v) is 30.6. The Kier molecular flexibility index (Phi) is 44.4. The van der Waals surface area contributed by atoms with Gasteiger partial charge in [-0.2, -0.15) is 5.10 Å². The number of rotatable bonds is 16. The first-order valence-corrected chi connectivity index (χ1v) is 51.4. The fourth-order valence-electron chi connectivity index (χ4n) is 17.6. The number of benzene rings is 2. The molecule has 18 aliphatic rings. The third-order valence-electron chi connectivity index (χ3n) is 30.6. The van der Waals surface area contributed by atoms with Crippen LogP contribution in [0.3, 0.4) is 0 Å². The van der Waals surface area contributed by atoms with Gasteiger partial charge in [-0.25, -0.2) is 13.2 Å². The van der Waals surface area contributed by atoms with E-state index >= 15 is 0 Å². The average molecular weight is 1880 g/mol. The van der Waals surface area contributed by atoms with E-state index in [4.69, 9.17) is 10.8 Å². The number of carbonyl (C=O) groups is 5. The molecule has 4 aromatic rings. The molecule has 2 amide bonds. The molecule has 17 aliphatic carbocycles. The molecule has 134 heavy (non-hydrogen) atoms. The number of Topliss-reactive ketones (excluding diaryl/α,β-unsaturated/α-hetero) is 2. The highest BCUT2D eigenvalue weighted by molar-refractivity contribution is 5.82. The minimum Gasteiger partial charge on any atom is -0.469 e. The second-order valence-corrected chi connectivity index (χ2v) is 45.5. The van der Waals surface area contributed by atoms with Gasteiger partial charge in [0, 0.05) is 111 Å². The van der Waals surface area contributed by atoms with Crippen LogP contribution >= 0.6 is 0 Å². The van der Waals surface area contributed by atoms with Crippen molar-refractivity contribution >= 4 is 35.6 Å². The summed E-state index contributed by atoms with van der Waals surface area (Å²) >= 11 is 0. The van der Waals surface area contributed by atoms with Crippen LogP contribution in [0, 0.1) is 158 Å². The maximum absolute atomic E-state index is 13.0. The number of ether oxygens (including phenoxy) is 2. The largest absolute Gasteiger partial charge is 0.573 e. The van der Waals surface area contributed by atoms with Crippen LogP contribution in [0.1, 0.15) is 339 Å². The number of hydrogen-bond acceptors (Lipinski definition) is 12. The lowest BCUT2D eigenvalue weighted by molar-refractivity contribution is -0.536. The van der Waals surface area contributed by atoms with E-state index in [1.165, 1.54) is 98.4 Å². The summed E-state index contributed by atoms with van der Waals surface area (Å²) in [4.78, 5) is 73.0. The number of aryl methyl sites for hydroxylation is 1. The van der Waals surface area contributed by atoms with Crippen LogP contribution < -0.4 is 10.5 Å². The number of aliphatic hydroxyl groups excluding tert-OH is 1. The SMILES string of the molecule is CC(=O)[C@@H]1C[C@H]1C.CC(=O)[C@@H]1C[C@H]1C.CC(C)(C)C1(F)CC1.CC1CC(O)C1.CC1CC1C1=CCC=N1.CCC[C@H]1C[C@@H]1C.COC(=O)[C@@H]1C[C@H]1C.C[C@@H]1C[C@@H]1C(N)=O.C[C@@H]1C[C@H]1c1ccccc1.C[C@@H]1C[C@H]1c1cnn(C)c1.C[C@H]1C[C@@H]1C(F)F.C[C@H]1C[C@@H]1C1CC1.C[C@H]1C[C@@H]1[N+](C)=O.C[C@H]1C[C@@H]1c1ccc(OC(F)(F)F)cc1.C[C@H]1C[C@@H]1c1cccnc1.C[C@H]1C[C@H]1C(=O)N(C)C. The molecule has 16 nitrogen and oxygen atoms in total. The standard InChI is InChI=1S/C11H11F3O.C10H12.C9H11N.C8H12N2.C8H11N.C7H13F.C7H13NO.C7H12.C7H14.C6H10O2.2C6H10O.C5H8F2.C5H10NO.C5H9NO.C5H10O/c1-7-6-10(7)8-2-4-9(5-3-8)15-11(12,13)14;1-8-7-10(8)9-5-3-2-4-6-9;1-7-5-9(7)8-3-2-4-10-6-8;1-6-3-8(6)7-4-9-10(2)5-7;1-6-5-7(6)8-3-2-4-9-8;1-6(2,3)7(8)4-5-7;1-5-4-6(5)7(9)8(2)3;1-5-4-7(5)6-2-3-6;1-3-4-7-5-6(7)2;1-4-3-5(4)6(7)8-2;2*1-4-3-6(4)5(2)7;1-3-2-4(3)5(6)7;1-4-3-5(4)6(2)7;1-3-2-4(3)5(6)7;1-4-2-5(6)3-4/h2-5,7,10H,6H2,1H3;2-6,8,10H,7H2,1H3;2-4,6-7,9H,5H2,1H3;4-6,8H,3H2,1-2H3;3-4,6-7H,2,5H2,1H3;4-5H2,1-3H3;5-6H,4H2,1-3H3;5-7H,2-4H2,1H3;6-7H,3-5H2,1-2H3;4-5H,3H2,1-2H3;2*4,6H,3H2,1-2H3;3-5H,2H2,1H3;4-5H,3H2,1-2H3;3-4H,2H2,1H3,(H2,6,7);4-6H,2-3H2,1H3/q;;;;;;;;;;;;;+1;;/t7-,10-;8-,10-;7-,9-;6-,8-;;;5-,6+;5-,7-;6-,7-;4-,5-;2*4-,6-;3-,4-;4-,5-;3-,4+;/m0101..000111001./s1. The summed E-state index contributed by atoms with van der Waals surface area (Å²) in [5.41, 5.74) is 10.8. The van der Waals surface area contributed by atoms with E-state index in [0.717, 1.165) is 165 Å². The monoisotopic (exact) mass is 1880 g/mol. The fourth-order valence-corrected chi connectivity index (χ4v) is 17.6. The topological polar surface area (TPSA) is 216 Å². The highest BCUT2D eigenvalue weighted by Crippen LogP contribution is 2.56. The summed E-state index contributed by atoms with van der Waals surface area (Å²) in [6.07, 6.45) is 33.0. The van der Waals surface area contributed by atoms with E-state index < -0.39 is 18.5 Å². The van der Waals surface area contributed by atoms with Gasteiger partial charge in [0.1, 0.15) is 23.0 Å². The molecule has 3 N–H and O–H groups in total. The van der Waals surface area contributed by atoms with E-state index in [1.54, 1.807) is 57.2 Å². The van der Waals surface area contributed by atoms with E-state index in [-0.39, 0.29) is 46.9 Å². The number of aliphatic imine (C=N–C) groups is 1. The predicted molar refractivity (Wildman–Crippen MR) is 529 cm³/mol. The summed E-state index contributed by atoms with van der Waals surface area (Å²) in [6.45, 7) is 44.1. The molecular formula is C112H176F6N7O9+. The summed E-state index contributed by atoms with van der Waals surface area (Å²) in [5, 5.41) is 12.7. The number of primary amides is 1. The van der Waals surface area contributed by atoms with Crippen molar-refractivity contribution in [1.82, 2.24) is 19.7 Å². The number of allylic oxidation sites excluding steroid dienone is 2. The molecule has 22 heteroatoms. The van der Waals surface area contributed by atoms with E-state index in [2.05, 4.69) is 170 Å². The van der Waals surface area contributed by atoms with Gasteiger partial charge in [-0.15, -0.1) is 13.2 Å². The summed E-state index contributed by atoms with van der Waals surface area (Å²) < 4.78 is 82.7. The number of aliphatic hydroxyl groups is 1. The molecule has 0 saturated heterocycles. The molecule has 2 unspecified atom stereocenters. The van der Waals surface area contributed by atoms with Crippen molar-refractivity contribution < 1.29 is 69.7 Å². The predicted octanol–water partition coefficient (Wildman–Crippen LogP) is 26.9. The molecule has 2 aromatic heterocycles. The lowest BCUT2D eigenvalue weighted by atomic mass is 9.84. The number of pyridine rings is 1. The highest BCUT2D eigenvalue weighted by Gasteiger charge is 2.53. The summed E-state index contributed by atoms with van der Waals surface area (Å²) in [5.74, 6) is 20.8. The third kappa shape index (κ3) is 43.5. The lowest BCUT2D eigenvalue weighted by Crippen LogP contribution is -2.25. The first-order valence-electron chi connectivity index (χ1n) is 51.4. The second kappa shape index (κ2) is 52.2. The number of methoxy groups -OCH3 is 1. The Morgan fingerprint density at radius 2 is 1.00 bits per heavy atom. The van der Waals surface area contributed by atoms with Crippen LogP contribution in [-0.2, 0) is 35.8 Å². The van der Waals surface area contributed by atoms with Crippen LogP contribution in [0.2, 0.25) is 0 Å². The van der Waals surface area contributed by atoms with Gasteiger partial charge in [0.05, 0.1) is 25.3 Å². The number of ketones is 2. The minimum absolute atomic E-state index is 0.0417. The number of nitrogens with zero attached hydrogens (tertiary/aromatic N) is 6. The van der Waals surface area contributed by atoms with Crippen LogP contribution in [0.25, 0.3) is 0 Å². The molecule has 28 atom stereocenters. The highest BCUT2D eigenvalue weighted by atomic mass is 19.4. The van der Waals surface area contributed by atoms with E-state index in [1.807, 2.05) is 91.3 Å². The van der Waals surface area contributed by atoms with Crippen molar-refractivity contribution in [1.29, 1.82) is 0 Å². The Balaban J connectivity index is 0.000000196. The smallest absolute Gasteiger partial charge is 0.469 e. The Bertz CT molecular complexity index is 4110. The average Bonchev–Trinajstić information content (AvgIpc) is 1.63. The zero-order valence-corrected chi connectivity index (χ0v) is 86.8. The van der Waals surface area contributed by atoms with Gasteiger partial charge >= 0.3 is 12.3 Å².